The molecule has 0 saturated heterocycles. The number of aryl methyl sites for hydroxylation is 1. The Morgan fingerprint density at radius 1 is 1.21 bits per heavy atom. The number of amides is 1. The molecule has 0 fully saturated rings. The number of nitrogens with one attached hydrogen (secondary N) is 1. The molecule has 1 unspecified atom stereocenters. The molecule has 19 heavy (non-hydrogen) atoms. The SMILES string of the molecule is O=C(CCc1ccco1)NCC(Cl)c1ccccc1. The van der Waals surface area contributed by atoms with E-state index >= 15 is 0 Å². The molecule has 0 spiro atoms. The summed E-state index contributed by atoms with van der Waals surface area (Å²) >= 11 is 6.22. The van der Waals surface area contributed by atoms with Crippen LogP contribution in [0.1, 0.15) is 23.1 Å². The van der Waals surface area contributed by atoms with Crippen LogP contribution in [0.15, 0.2) is 53.1 Å². The van der Waals surface area contributed by atoms with E-state index in [1.165, 1.54) is 0 Å². The second-order valence-electron chi connectivity index (χ2n) is 4.26. The van der Waals surface area contributed by atoms with Gasteiger partial charge in [-0.25, -0.2) is 0 Å². The number of rotatable bonds is 6. The zero-order valence-corrected chi connectivity index (χ0v) is 11.3. The summed E-state index contributed by atoms with van der Waals surface area (Å²) in [5.41, 5.74) is 1.01. The Labute approximate surface area is 117 Å². The Morgan fingerprint density at radius 2 is 2.00 bits per heavy atom. The first-order valence-electron chi connectivity index (χ1n) is 6.24. The fraction of sp³-hybridized carbons (Fsp3) is 0.267. The molecular weight excluding hydrogens is 262 g/mol. The molecule has 100 valence electrons. The van der Waals surface area contributed by atoms with Gasteiger partial charge in [0.1, 0.15) is 5.76 Å². The fourth-order valence-corrected chi connectivity index (χ4v) is 1.99. The van der Waals surface area contributed by atoms with E-state index in [1.807, 2.05) is 42.5 Å². The van der Waals surface area contributed by atoms with Crippen molar-refractivity contribution in [3.8, 4) is 0 Å². The zero-order valence-electron chi connectivity index (χ0n) is 10.5. The maximum absolute atomic E-state index is 11.7. The Bertz CT molecular complexity index is 496. The van der Waals surface area contributed by atoms with Crippen molar-refractivity contribution in [1.82, 2.24) is 5.32 Å². The fourth-order valence-electron chi connectivity index (χ4n) is 1.76. The Morgan fingerprint density at radius 3 is 2.68 bits per heavy atom. The van der Waals surface area contributed by atoms with Gasteiger partial charge in [0.25, 0.3) is 0 Å². The van der Waals surface area contributed by atoms with E-state index in [0.29, 0.717) is 19.4 Å². The largest absolute Gasteiger partial charge is 0.469 e. The summed E-state index contributed by atoms with van der Waals surface area (Å²) in [6.07, 6.45) is 2.63. The highest BCUT2D eigenvalue weighted by Gasteiger charge is 2.09. The maximum atomic E-state index is 11.7. The van der Waals surface area contributed by atoms with Crippen molar-refractivity contribution in [3.63, 3.8) is 0 Å². The minimum absolute atomic E-state index is 0.0158. The highest BCUT2D eigenvalue weighted by Crippen LogP contribution is 2.18. The van der Waals surface area contributed by atoms with E-state index < -0.39 is 0 Å². The number of hydrogen-bond acceptors (Lipinski definition) is 2. The van der Waals surface area contributed by atoms with Crippen LogP contribution >= 0.6 is 11.6 Å². The van der Waals surface area contributed by atoms with Crippen LogP contribution in [0.4, 0.5) is 0 Å². The van der Waals surface area contributed by atoms with Crippen molar-refractivity contribution in [2.75, 3.05) is 6.54 Å². The third kappa shape index (κ3) is 4.45. The molecule has 0 aliphatic carbocycles. The van der Waals surface area contributed by atoms with Crippen LogP contribution in [0.5, 0.6) is 0 Å². The Hall–Kier alpha value is -1.74. The summed E-state index contributed by atoms with van der Waals surface area (Å²) < 4.78 is 5.17. The van der Waals surface area contributed by atoms with Crippen LogP contribution in [0, 0.1) is 0 Å². The van der Waals surface area contributed by atoms with Gasteiger partial charge in [-0.2, -0.15) is 0 Å². The van der Waals surface area contributed by atoms with Crippen LogP contribution in [-0.4, -0.2) is 12.5 Å². The molecule has 0 bridgehead atoms. The summed E-state index contributed by atoms with van der Waals surface area (Å²) in [6.45, 7) is 0.433. The number of benzene rings is 1. The van der Waals surface area contributed by atoms with Gasteiger partial charge in [-0.15, -0.1) is 11.6 Å². The first-order valence-corrected chi connectivity index (χ1v) is 6.67. The molecule has 0 aliphatic heterocycles. The van der Waals surface area contributed by atoms with Crippen molar-refractivity contribution in [2.45, 2.75) is 18.2 Å². The minimum atomic E-state index is -0.200. The van der Waals surface area contributed by atoms with Crippen LogP contribution in [0.2, 0.25) is 0 Å². The molecule has 1 aromatic carbocycles. The molecule has 0 aliphatic rings. The van der Waals surface area contributed by atoms with Gasteiger partial charge >= 0.3 is 0 Å². The molecule has 0 radical (unpaired) electrons. The third-order valence-electron chi connectivity index (χ3n) is 2.82. The van der Waals surface area contributed by atoms with Crippen LogP contribution in [-0.2, 0) is 11.2 Å². The molecule has 3 nitrogen and oxygen atoms in total. The Kier molecular flexibility index (Phi) is 5.04. The lowest BCUT2D eigenvalue weighted by Gasteiger charge is -2.11. The molecule has 1 heterocycles. The quantitative estimate of drug-likeness (QED) is 0.823. The number of hydrogen-bond donors (Lipinski definition) is 1. The summed E-state index contributed by atoms with van der Waals surface area (Å²) in [6, 6.07) is 13.4. The van der Waals surface area contributed by atoms with Crippen molar-refractivity contribution >= 4 is 17.5 Å². The van der Waals surface area contributed by atoms with Crippen LogP contribution < -0.4 is 5.32 Å². The second-order valence-corrected chi connectivity index (χ2v) is 4.79. The van der Waals surface area contributed by atoms with Gasteiger partial charge in [0.15, 0.2) is 0 Å². The molecule has 1 N–H and O–H groups in total. The van der Waals surface area contributed by atoms with Gasteiger partial charge in [-0.3, -0.25) is 4.79 Å². The van der Waals surface area contributed by atoms with Gasteiger partial charge in [-0.1, -0.05) is 30.3 Å². The summed E-state index contributed by atoms with van der Waals surface area (Å²) in [5.74, 6) is 0.804. The van der Waals surface area contributed by atoms with Gasteiger partial charge in [0.2, 0.25) is 5.91 Å². The average molecular weight is 278 g/mol. The lowest BCUT2D eigenvalue weighted by Crippen LogP contribution is -2.26. The van der Waals surface area contributed by atoms with E-state index in [1.54, 1.807) is 6.26 Å². The smallest absolute Gasteiger partial charge is 0.220 e. The predicted molar refractivity (Wildman–Crippen MR) is 75.1 cm³/mol. The number of carbonyl (C=O) groups is 1. The van der Waals surface area contributed by atoms with Gasteiger partial charge in [-0.05, 0) is 17.7 Å². The second kappa shape index (κ2) is 7.00. The van der Waals surface area contributed by atoms with Crippen LogP contribution in [0.3, 0.4) is 0 Å². The lowest BCUT2D eigenvalue weighted by molar-refractivity contribution is -0.121. The number of halogens is 1. The van der Waals surface area contributed by atoms with Crippen molar-refractivity contribution in [3.05, 3.63) is 60.1 Å². The summed E-state index contributed by atoms with van der Waals surface area (Å²) in [4.78, 5) is 11.7. The lowest BCUT2D eigenvalue weighted by atomic mass is 10.1. The number of carbonyl (C=O) groups excluding carboxylic acids is 1. The first-order chi connectivity index (χ1) is 9.25. The molecule has 0 saturated carbocycles. The highest BCUT2D eigenvalue weighted by atomic mass is 35.5. The summed E-state index contributed by atoms with van der Waals surface area (Å²) in [5, 5.41) is 2.63. The average Bonchev–Trinajstić information content (AvgIpc) is 2.96. The molecule has 1 atom stereocenters. The monoisotopic (exact) mass is 277 g/mol. The molecule has 2 aromatic rings. The minimum Gasteiger partial charge on any atom is -0.469 e. The normalized spacial score (nSPS) is 12.1. The molecule has 1 aromatic heterocycles. The first kappa shape index (κ1) is 13.7. The molecular formula is C15H16ClNO2. The van der Waals surface area contributed by atoms with E-state index in [-0.39, 0.29) is 11.3 Å². The van der Waals surface area contributed by atoms with E-state index in [2.05, 4.69) is 5.32 Å². The van der Waals surface area contributed by atoms with Crippen molar-refractivity contribution in [2.24, 2.45) is 0 Å². The zero-order chi connectivity index (χ0) is 13.5. The highest BCUT2D eigenvalue weighted by molar-refractivity contribution is 6.21. The van der Waals surface area contributed by atoms with E-state index in [9.17, 15) is 4.79 Å². The number of furan rings is 1. The van der Waals surface area contributed by atoms with Gasteiger partial charge in [0.05, 0.1) is 11.6 Å². The molecule has 4 heteroatoms. The summed E-state index contributed by atoms with van der Waals surface area (Å²) in [7, 11) is 0. The Balaban J connectivity index is 1.71. The van der Waals surface area contributed by atoms with Gasteiger partial charge in [0, 0.05) is 19.4 Å². The predicted octanol–water partition coefficient (Wildman–Crippen LogP) is 3.31. The standard InChI is InChI=1S/C15H16ClNO2/c16-14(12-5-2-1-3-6-12)11-17-15(18)9-8-13-7-4-10-19-13/h1-7,10,14H,8-9,11H2,(H,17,18). The van der Waals surface area contributed by atoms with E-state index in [0.717, 1.165) is 11.3 Å². The topological polar surface area (TPSA) is 42.2 Å². The van der Waals surface area contributed by atoms with Crippen LogP contribution in [0.25, 0.3) is 0 Å². The number of alkyl halides is 1. The van der Waals surface area contributed by atoms with Crippen molar-refractivity contribution < 1.29 is 9.21 Å². The van der Waals surface area contributed by atoms with Gasteiger partial charge < -0.3 is 9.73 Å². The maximum Gasteiger partial charge on any atom is 0.220 e. The van der Waals surface area contributed by atoms with Crippen molar-refractivity contribution in [1.29, 1.82) is 0 Å². The van der Waals surface area contributed by atoms with E-state index in [4.69, 9.17) is 16.0 Å². The molecule has 2 rings (SSSR count). The molecule has 1 amide bonds. The third-order valence-corrected chi connectivity index (χ3v) is 3.22.